The SMILES string of the molecule is O=C1C[C@@H](c2ccccc2)CC2=C1[C@@H](c1ccc3c(c1)OCO3)Nc1ccccc1N2. The van der Waals surface area contributed by atoms with Crippen LogP contribution in [0, 0.1) is 0 Å². The molecule has 2 heterocycles. The second-order valence-corrected chi connectivity index (χ2v) is 8.19. The Morgan fingerprint density at radius 3 is 2.42 bits per heavy atom. The van der Waals surface area contributed by atoms with Crippen molar-refractivity contribution < 1.29 is 14.3 Å². The molecule has 0 fully saturated rings. The number of hydrogen-bond acceptors (Lipinski definition) is 5. The van der Waals surface area contributed by atoms with E-state index in [0.29, 0.717) is 6.42 Å². The highest BCUT2D eigenvalue weighted by atomic mass is 16.7. The predicted octanol–water partition coefficient (Wildman–Crippen LogP) is 5.39. The molecule has 6 rings (SSSR count). The van der Waals surface area contributed by atoms with Crippen molar-refractivity contribution in [1.82, 2.24) is 0 Å². The van der Waals surface area contributed by atoms with Crippen LogP contribution in [0.15, 0.2) is 84.1 Å². The summed E-state index contributed by atoms with van der Waals surface area (Å²) in [4.78, 5) is 13.5. The molecular formula is C26H22N2O3. The smallest absolute Gasteiger partial charge is 0.231 e. The molecule has 0 aromatic heterocycles. The summed E-state index contributed by atoms with van der Waals surface area (Å²) in [6.07, 6.45) is 1.30. The van der Waals surface area contributed by atoms with Crippen LogP contribution in [-0.2, 0) is 4.79 Å². The van der Waals surface area contributed by atoms with Crippen LogP contribution >= 0.6 is 0 Å². The molecular weight excluding hydrogens is 388 g/mol. The summed E-state index contributed by atoms with van der Waals surface area (Å²) in [6.45, 7) is 0.229. The van der Waals surface area contributed by atoms with Crippen molar-refractivity contribution in [2.75, 3.05) is 17.4 Å². The van der Waals surface area contributed by atoms with E-state index in [2.05, 4.69) is 22.8 Å². The number of rotatable bonds is 2. The maximum Gasteiger partial charge on any atom is 0.231 e. The summed E-state index contributed by atoms with van der Waals surface area (Å²) in [6, 6.07) is 24.1. The molecule has 5 heteroatoms. The number of benzene rings is 3. The van der Waals surface area contributed by atoms with Gasteiger partial charge in [-0.15, -0.1) is 0 Å². The summed E-state index contributed by atoms with van der Waals surface area (Å²) in [7, 11) is 0. The van der Waals surface area contributed by atoms with Crippen molar-refractivity contribution in [3.63, 3.8) is 0 Å². The maximum absolute atomic E-state index is 13.5. The monoisotopic (exact) mass is 410 g/mol. The molecule has 1 aliphatic carbocycles. The Morgan fingerprint density at radius 2 is 1.55 bits per heavy atom. The zero-order valence-electron chi connectivity index (χ0n) is 16.9. The number of Topliss-reactive ketones (excluding diaryl/α,β-unsaturated/α-hetero) is 1. The van der Waals surface area contributed by atoms with Crippen LogP contribution in [0.5, 0.6) is 11.5 Å². The van der Waals surface area contributed by atoms with E-state index in [1.165, 1.54) is 5.56 Å². The molecule has 2 atom stereocenters. The van der Waals surface area contributed by atoms with Gasteiger partial charge in [-0.2, -0.15) is 0 Å². The van der Waals surface area contributed by atoms with Gasteiger partial charge in [0.2, 0.25) is 6.79 Å². The van der Waals surface area contributed by atoms with E-state index < -0.39 is 0 Å². The molecule has 0 bridgehead atoms. The van der Waals surface area contributed by atoms with Crippen LogP contribution in [0.2, 0.25) is 0 Å². The molecule has 0 spiro atoms. The van der Waals surface area contributed by atoms with Gasteiger partial charge in [-0.1, -0.05) is 48.5 Å². The number of allylic oxidation sites excluding steroid dienone is 1. The third-order valence-corrected chi connectivity index (χ3v) is 6.31. The number of nitrogens with one attached hydrogen (secondary N) is 2. The first kappa shape index (κ1) is 18.1. The van der Waals surface area contributed by atoms with E-state index in [1.807, 2.05) is 60.7 Å². The lowest BCUT2D eigenvalue weighted by Gasteiger charge is -2.30. The van der Waals surface area contributed by atoms with Gasteiger partial charge in [-0.3, -0.25) is 4.79 Å². The van der Waals surface area contributed by atoms with Crippen molar-refractivity contribution >= 4 is 17.2 Å². The summed E-state index contributed by atoms with van der Waals surface area (Å²) >= 11 is 0. The van der Waals surface area contributed by atoms with Gasteiger partial charge in [0.1, 0.15) is 0 Å². The van der Waals surface area contributed by atoms with Gasteiger partial charge >= 0.3 is 0 Å². The second-order valence-electron chi connectivity index (χ2n) is 8.19. The average Bonchev–Trinajstić information content (AvgIpc) is 3.20. The van der Waals surface area contributed by atoms with Crippen molar-refractivity contribution in [2.24, 2.45) is 0 Å². The Labute approximate surface area is 180 Å². The first-order chi connectivity index (χ1) is 15.3. The molecule has 5 nitrogen and oxygen atoms in total. The van der Waals surface area contributed by atoms with Crippen LogP contribution < -0.4 is 20.1 Å². The minimum atomic E-state index is -0.259. The Bertz CT molecular complexity index is 1200. The Kier molecular flexibility index (Phi) is 4.20. The topological polar surface area (TPSA) is 59.6 Å². The summed E-state index contributed by atoms with van der Waals surface area (Å²) in [5.74, 6) is 1.80. The van der Waals surface area contributed by atoms with Crippen LogP contribution in [0.4, 0.5) is 11.4 Å². The second kappa shape index (κ2) is 7.20. The standard InChI is InChI=1S/C26H22N2O3/c29-22-13-18(16-6-2-1-3-7-16)12-21-25(22)26(28-20-9-5-4-8-19(20)27-21)17-10-11-23-24(14-17)31-15-30-23/h1-11,14,18,26-28H,12-13,15H2/t18-,26+/m0/s1. The van der Waals surface area contributed by atoms with Gasteiger partial charge in [0.15, 0.2) is 17.3 Å². The molecule has 3 aromatic carbocycles. The fraction of sp³-hybridized carbons (Fsp3) is 0.192. The van der Waals surface area contributed by atoms with Crippen molar-refractivity contribution in [1.29, 1.82) is 0 Å². The number of para-hydroxylation sites is 2. The molecule has 2 aliphatic heterocycles. The number of ketones is 1. The molecule has 0 unspecified atom stereocenters. The minimum absolute atomic E-state index is 0.169. The third kappa shape index (κ3) is 3.13. The average molecular weight is 410 g/mol. The molecule has 0 saturated carbocycles. The molecule has 154 valence electrons. The van der Waals surface area contributed by atoms with Gasteiger partial charge < -0.3 is 20.1 Å². The maximum atomic E-state index is 13.5. The number of carbonyl (C=O) groups is 1. The summed E-state index contributed by atoms with van der Waals surface area (Å²) in [5, 5.41) is 7.20. The normalized spacial score (nSPS) is 21.5. The molecule has 31 heavy (non-hydrogen) atoms. The van der Waals surface area contributed by atoms with Gasteiger partial charge in [-0.05, 0) is 47.7 Å². The molecule has 3 aliphatic rings. The van der Waals surface area contributed by atoms with E-state index >= 15 is 0 Å². The predicted molar refractivity (Wildman–Crippen MR) is 119 cm³/mol. The lowest BCUT2D eigenvalue weighted by atomic mass is 9.78. The lowest BCUT2D eigenvalue weighted by molar-refractivity contribution is -0.116. The van der Waals surface area contributed by atoms with Crippen LogP contribution in [0.25, 0.3) is 0 Å². The van der Waals surface area contributed by atoms with Gasteiger partial charge in [0.25, 0.3) is 0 Å². The number of hydrogen-bond donors (Lipinski definition) is 2. The number of fused-ring (bicyclic) bond motifs is 2. The van der Waals surface area contributed by atoms with Gasteiger partial charge in [0, 0.05) is 17.7 Å². The van der Waals surface area contributed by atoms with Crippen molar-refractivity contribution in [3.05, 3.63) is 95.2 Å². The Balaban J connectivity index is 1.46. The van der Waals surface area contributed by atoms with E-state index in [1.54, 1.807) is 0 Å². The number of anilines is 2. The highest BCUT2D eigenvalue weighted by Crippen LogP contribution is 2.45. The highest BCUT2D eigenvalue weighted by Gasteiger charge is 2.36. The molecule has 2 N–H and O–H groups in total. The number of ether oxygens (including phenoxy) is 2. The Hall–Kier alpha value is -3.73. The van der Waals surface area contributed by atoms with Crippen molar-refractivity contribution in [3.8, 4) is 11.5 Å². The third-order valence-electron chi connectivity index (χ3n) is 6.31. The minimum Gasteiger partial charge on any atom is -0.454 e. The fourth-order valence-electron chi connectivity index (χ4n) is 4.80. The van der Waals surface area contributed by atoms with Crippen LogP contribution in [-0.4, -0.2) is 12.6 Å². The largest absolute Gasteiger partial charge is 0.454 e. The van der Waals surface area contributed by atoms with Crippen LogP contribution in [0.3, 0.4) is 0 Å². The zero-order chi connectivity index (χ0) is 20.8. The van der Waals surface area contributed by atoms with Gasteiger partial charge in [0.05, 0.1) is 17.4 Å². The van der Waals surface area contributed by atoms with E-state index in [0.717, 1.165) is 46.1 Å². The fourth-order valence-corrected chi connectivity index (χ4v) is 4.80. The molecule has 0 saturated heterocycles. The first-order valence-corrected chi connectivity index (χ1v) is 10.6. The van der Waals surface area contributed by atoms with Crippen LogP contribution in [0.1, 0.15) is 35.9 Å². The van der Waals surface area contributed by atoms with E-state index in [9.17, 15) is 4.79 Å². The first-order valence-electron chi connectivity index (χ1n) is 10.6. The van der Waals surface area contributed by atoms with Gasteiger partial charge in [-0.25, -0.2) is 0 Å². The molecule has 0 amide bonds. The Morgan fingerprint density at radius 1 is 0.774 bits per heavy atom. The zero-order valence-corrected chi connectivity index (χ0v) is 16.9. The van der Waals surface area contributed by atoms with E-state index in [-0.39, 0.29) is 24.5 Å². The highest BCUT2D eigenvalue weighted by molar-refractivity contribution is 6.01. The lowest BCUT2D eigenvalue weighted by Crippen LogP contribution is -2.26. The number of carbonyl (C=O) groups excluding carboxylic acids is 1. The quantitative estimate of drug-likeness (QED) is 0.593. The molecule has 0 radical (unpaired) electrons. The molecule has 3 aromatic rings. The summed E-state index contributed by atoms with van der Waals surface area (Å²) < 4.78 is 11.1. The summed E-state index contributed by atoms with van der Waals surface area (Å²) in [5.41, 5.74) is 5.95. The van der Waals surface area contributed by atoms with Crippen molar-refractivity contribution in [2.45, 2.75) is 24.8 Å². The van der Waals surface area contributed by atoms with E-state index in [4.69, 9.17) is 9.47 Å².